The molecule has 0 spiro atoms. The molecule has 0 saturated carbocycles. The summed E-state index contributed by atoms with van der Waals surface area (Å²) >= 11 is 0. The summed E-state index contributed by atoms with van der Waals surface area (Å²) < 4.78 is 4.94. The summed E-state index contributed by atoms with van der Waals surface area (Å²) in [5, 5.41) is 0. The number of hydrogen-bond donors (Lipinski definition) is 0. The van der Waals surface area contributed by atoms with Crippen LogP contribution in [0.3, 0.4) is 0 Å². The first-order valence-electron chi connectivity index (χ1n) is 9.50. The van der Waals surface area contributed by atoms with Crippen molar-refractivity contribution in [2.45, 2.75) is 67.7 Å². The van der Waals surface area contributed by atoms with Gasteiger partial charge >= 0.3 is 5.97 Å². The number of esters is 1. The van der Waals surface area contributed by atoms with Crippen LogP contribution in [0.1, 0.15) is 67.7 Å². The van der Waals surface area contributed by atoms with Crippen LogP contribution >= 0.6 is 0 Å². The summed E-state index contributed by atoms with van der Waals surface area (Å²) in [5.41, 5.74) is 4.50. The van der Waals surface area contributed by atoms with Crippen molar-refractivity contribution < 1.29 is 9.53 Å². The molecular weight excluding hydrogens is 308 g/mol. The number of allylic oxidation sites excluding steroid dienone is 7. The normalized spacial score (nSPS) is 21.0. The first-order valence-corrected chi connectivity index (χ1v) is 9.50. The highest BCUT2D eigenvalue weighted by molar-refractivity contribution is 5.66. The predicted molar refractivity (Wildman–Crippen MR) is 107 cm³/mol. The molecule has 0 bridgehead atoms. The monoisotopic (exact) mass is 344 g/mol. The van der Waals surface area contributed by atoms with Gasteiger partial charge in [-0.15, -0.1) is 0 Å². The Morgan fingerprint density at radius 3 is 2.44 bits per heavy atom. The minimum absolute atomic E-state index is 0.240. The number of rotatable bonds is 7. The molecule has 2 atom stereocenters. The van der Waals surface area contributed by atoms with Gasteiger partial charge in [-0.3, -0.25) is 4.79 Å². The molecule has 0 aromatic heterocycles. The Kier molecular flexibility index (Phi) is 8.41. The first-order chi connectivity index (χ1) is 11.6. The van der Waals surface area contributed by atoms with Gasteiger partial charge in [-0.2, -0.15) is 0 Å². The van der Waals surface area contributed by atoms with Crippen LogP contribution in [0.25, 0.3) is 0 Å². The molecule has 0 fully saturated rings. The maximum atomic E-state index is 10.8. The van der Waals surface area contributed by atoms with E-state index in [1.54, 1.807) is 5.57 Å². The molecule has 0 N–H and O–H groups in total. The van der Waals surface area contributed by atoms with Crippen molar-refractivity contribution in [1.82, 2.24) is 0 Å². The molecule has 2 unspecified atom stereocenters. The quantitative estimate of drug-likeness (QED) is 0.394. The van der Waals surface area contributed by atoms with Gasteiger partial charge in [0.05, 0.1) is 0 Å². The minimum atomic E-state index is -0.240. The molecule has 1 aliphatic rings. The third-order valence-corrected chi connectivity index (χ3v) is 5.29. The molecule has 0 aromatic carbocycles. The Balaban J connectivity index is 2.65. The van der Waals surface area contributed by atoms with E-state index in [1.807, 2.05) is 13.0 Å². The molecule has 0 radical (unpaired) electrons. The zero-order chi connectivity index (χ0) is 19.0. The van der Waals surface area contributed by atoms with E-state index >= 15 is 0 Å². The topological polar surface area (TPSA) is 26.3 Å². The van der Waals surface area contributed by atoms with Crippen molar-refractivity contribution in [3.05, 3.63) is 47.1 Å². The lowest BCUT2D eigenvalue weighted by molar-refractivity contribution is -0.139. The van der Waals surface area contributed by atoms with Crippen molar-refractivity contribution >= 4 is 5.97 Å². The number of carbonyl (C=O) groups is 1. The van der Waals surface area contributed by atoms with Crippen molar-refractivity contribution in [2.75, 3.05) is 6.61 Å². The molecule has 0 saturated heterocycles. The molecule has 0 heterocycles. The van der Waals surface area contributed by atoms with E-state index in [0.717, 1.165) is 5.57 Å². The van der Waals surface area contributed by atoms with Crippen molar-refractivity contribution in [3.8, 4) is 0 Å². The number of hydrogen-bond acceptors (Lipinski definition) is 2. The second-order valence-electron chi connectivity index (χ2n) is 8.12. The number of carbonyl (C=O) groups excluding carboxylic acids is 1. The van der Waals surface area contributed by atoms with Gasteiger partial charge in [-0.05, 0) is 62.0 Å². The molecular formula is C23H36O2. The van der Waals surface area contributed by atoms with Crippen LogP contribution in [0.4, 0.5) is 0 Å². The summed E-state index contributed by atoms with van der Waals surface area (Å²) in [4.78, 5) is 10.8. The van der Waals surface area contributed by atoms with Crippen LogP contribution in [0.15, 0.2) is 47.1 Å². The standard InChI is InChI=1S/C23H36O2/c1-17(14-16-25-21(5)24)10-11-18(2)19(3)12-13-22-20(4)9-8-15-23(22,6)7/h10-14,18-19H,8-9,15-16H2,1-7H3/b11-10+,13-12+,17-14+. The highest BCUT2D eigenvalue weighted by Gasteiger charge is 2.26. The SMILES string of the molecule is CC(=O)OC/C=C(C)/C=C/C(C)C(C)/C=C/C1=C(C)CCCC1(C)C. The lowest BCUT2D eigenvalue weighted by Gasteiger charge is -2.33. The molecule has 0 amide bonds. The van der Waals surface area contributed by atoms with Crippen LogP contribution in [-0.2, 0) is 9.53 Å². The second kappa shape index (κ2) is 9.79. The Morgan fingerprint density at radius 1 is 1.20 bits per heavy atom. The summed E-state index contributed by atoms with van der Waals surface area (Å²) in [6.45, 7) is 15.3. The van der Waals surface area contributed by atoms with Gasteiger partial charge in [-0.25, -0.2) is 0 Å². The van der Waals surface area contributed by atoms with Crippen LogP contribution in [-0.4, -0.2) is 12.6 Å². The molecule has 2 heteroatoms. The van der Waals surface area contributed by atoms with E-state index in [-0.39, 0.29) is 5.97 Å². The third-order valence-electron chi connectivity index (χ3n) is 5.29. The second-order valence-corrected chi connectivity index (χ2v) is 8.12. The average Bonchev–Trinajstić information content (AvgIpc) is 2.50. The molecule has 2 nitrogen and oxygen atoms in total. The van der Waals surface area contributed by atoms with E-state index in [9.17, 15) is 4.79 Å². The van der Waals surface area contributed by atoms with Gasteiger partial charge < -0.3 is 4.74 Å². The predicted octanol–water partition coefficient (Wildman–Crippen LogP) is 6.41. The van der Waals surface area contributed by atoms with Crippen molar-refractivity contribution in [1.29, 1.82) is 0 Å². The smallest absolute Gasteiger partial charge is 0.302 e. The van der Waals surface area contributed by atoms with Gasteiger partial charge in [0, 0.05) is 6.92 Å². The van der Waals surface area contributed by atoms with E-state index in [0.29, 0.717) is 23.9 Å². The van der Waals surface area contributed by atoms with Gasteiger partial charge in [0.15, 0.2) is 0 Å². The van der Waals surface area contributed by atoms with Crippen LogP contribution in [0, 0.1) is 17.3 Å². The van der Waals surface area contributed by atoms with Crippen LogP contribution in [0.2, 0.25) is 0 Å². The molecule has 1 rings (SSSR count). The average molecular weight is 345 g/mol. The van der Waals surface area contributed by atoms with E-state index in [1.165, 1.54) is 31.8 Å². The van der Waals surface area contributed by atoms with Gasteiger partial charge in [0.25, 0.3) is 0 Å². The lowest BCUT2D eigenvalue weighted by atomic mass is 9.72. The largest absolute Gasteiger partial charge is 0.462 e. The molecule has 0 aliphatic heterocycles. The lowest BCUT2D eigenvalue weighted by Crippen LogP contribution is -2.19. The third kappa shape index (κ3) is 7.46. The Labute approximate surface area is 154 Å². The molecule has 25 heavy (non-hydrogen) atoms. The maximum Gasteiger partial charge on any atom is 0.302 e. The summed E-state index contributed by atoms with van der Waals surface area (Å²) in [5.74, 6) is 0.701. The van der Waals surface area contributed by atoms with Crippen molar-refractivity contribution in [2.24, 2.45) is 17.3 Å². The van der Waals surface area contributed by atoms with Gasteiger partial charge in [-0.1, -0.05) is 63.1 Å². The highest BCUT2D eigenvalue weighted by atomic mass is 16.5. The Hall–Kier alpha value is -1.57. The zero-order valence-corrected chi connectivity index (χ0v) is 17.2. The van der Waals surface area contributed by atoms with Crippen LogP contribution in [0.5, 0.6) is 0 Å². The Bertz CT molecular complexity index is 573. The van der Waals surface area contributed by atoms with E-state index < -0.39 is 0 Å². The van der Waals surface area contributed by atoms with E-state index in [4.69, 9.17) is 4.74 Å². The van der Waals surface area contributed by atoms with Gasteiger partial charge in [0.2, 0.25) is 0 Å². The fourth-order valence-electron chi connectivity index (χ4n) is 3.27. The Morgan fingerprint density at radius 2 is 1.84 bits per heavy atom. The first kappa shape index (κ1) is 21.5. The maximum absolute atomic E-state index is 10.8. The van der Waals surface area contributed by atoms with Crippen LogP contribution < -0.4 is 0 Å². The van der Waals surface area contributed by atoms with Crippen molar-refractivity contribution in [3.63, 3.8) is 0 Å². The summed E-state index contributed by atoms with van der Waals surface area (Å²) in [7, 11) is 0. The molecule has 140 valence electrons. The fraction of sp³-hybridized carbons (Fsp3) is 0.609. The van der Waals surface area contributed by atoms with E-state index in [2.05, 4.69) is 58.9 Å². The summed E-state index contributed by atoms with van der Waals surface area (Å²) in [6.07, 6.45) is 14.8. The minimum Gasteiger partial charge on any atom is -0.462 e. The highest BCUT2D eigenvalue weighted by Crippen LogP contribution is 2.41. The zero-order valence-electron chi connectivity index (χ0n) is 17.2. The molecule has 0 aromatic rings. The number of ether oxygens (including phenoxy) is 1. The molecule has 1 aliphatic carbocycles. The fourth-order valence-corrected chi connectivity index (χ4v) is 3.27. The van der Waals surface area contributed by atoms with Gasteiger partial charge in [0.1, 0.15) is 6.61 Å². The summed E-state index contributed by atoms with van der Waals surface area (Å²) in [6, 6.07) is 0.